The quantitative estimate of drug-likeness (QED) is 0.490. The molecule has 0 aliphatic rings. The molecule has 0 spiro atoms. The van der Waals surface area contributed by atoms with Gasteiger partial charge < -0.3 is 19.7 Å². The van der Waals surface area contributed by atoms with Crippen LogP contribution in [0.4, 0.5) is 0 Å². The van der Waals surface area contributed by atoms with Crippen molar-refractivity contribution in [3.05, 3.63) is 81.9 Å². The molecular formula is C26H18O6. The summed E-state index contributed by atoms with van der Waals surface area (Å²) in [7, 11) is 3.01. The number of carbonyl (C=O) groups excluding carboxylic acids is 2. The Morgan fingerprint density at radius 1 is 0.656 bits per heavy atom. The van der Waals surface area contributed by atoms with Gasteiger partial charge in [0.15, 0.2) is 12.6 Å². The lowest BCUT2D eigenvalue weighted by Crippen LogP contribution is -1.94. The summed E-state index contributed by atoms with van der Waals surface area (Å²) in [6, 6.07) is 12.4. The Hall–Kier alpha value is -4.68. The second kappa shape index (κ2) is 9.88. The number of benzene rings is 3. The average molecular weight is 426 g/mol. The number of hydrogen-bond donors (Lipinski definition) is 2. The molecule has 0 radical (unpaired) electrons. The van der Waals surface area contributed by atoms with E-state index in [2.05, 4.69) is 23.7 Å². The van der Waals surface area contributed by atoms with Crippen LogP contribution < -0.4 is 9.47 Å². The minimum Gasteiger partial charge on any atom is -0.507 e. The van der Waals surface area contributed by atoms with Crippen molar-refractivity contribution in [1.29, 1.82) is 0 Å². The third kappa shape index (κ3) is 4.89. The number of hydrogen-bond acceptors (Lipinski definition) is 6. The number of ether oxygens (including phenoxy) is 2. The van der Waals surface area contributed by atoms with E-state index in [4.69, 9.17) is 9.47 Å². The van der Waals surface area contributed by atoms with E-state index in [1.165, 1.54) is 38.5 Å². The first-order valence-corrected chi connectivity index (χ1v) is 9.35. The minimum absolute atomic E-state index is 0.144. The molecule has 0 aliphatic heterocycles. The highest BCUT2D eigenvalue weighted by Gasteiger charge is 2.09. The van der Waals surface area contributed by atoms with Crippen LogP contribution in [0, 0.1) is 23.7 Å². The lowest BCUT2D eigenvalue weighted by molar-refractivity contribution is 0.111. The zero-order valence-electron chi connectivity index (χ0n) is 17.3. The Bertz CT molecular complexity index is 1210. The zero-order chi connectivity index (χ0) is 23.1. The van der Waals surface area contributed by atoms with Crippen LogP contribution in [-0.2, 0) is 0 Å². The predicted octanol–water partition coefficient (Wildman–Crippen LogP) is 3.54. The van der Waals surface area contributed by atoms with Crippen molar-refractivity contribution in [3.63, 3.8) is 0 Å². The molecule has 6 nitrogen and oxygen atoms in total. The van der Waals surface area contributed by atoms with Crippen molar-refractivity contribution in [1.82, 2.24) is 0 Å². The summed E-state index contributed by atoms with van der Waals surface area (Å²) >= 11 is 0. The van der Waals surface area contributed by atoms with E-state index in [9.17, 15) is 19.8 Å². The second-order valence-electron chi connectivity index (χ2n) is 6.54. The van der Waals surface area contributed by atoms with E-state index in [1.807, 2.05) is 0 Å². The van der Waals surface area contributed by atoms with E-state index in [1.54, 1.807) is 24.3 Å². The Morgan fingerprint density at radius 3 is 1.38 bits per heavy atom. The van der Waals surface area contributed by atoms with E-state index in [0.29, 0.717) is 46.3 Å². The van der Waals surface area contributed by atoms with Gasteiger partial charge in [-0.25, -0.2) is 0 Å². The lowest BCUT2D eigenvalue weighted by atomic mass is 10.1. The summed E-state index contributed by atoms with van der Waals surface area (Å²) in [5.74, 6) is 12.4. The molecule has 0 unspecified atom stereocenters. The van der Waals surface area contributed by atoms with Crippen molar-refractivity contribution in [2.75, 3.05) is 14.2 Å². The number of phenolic OH excluding ortho intramolecular Hbond substituents is 2. The van der Waals surface area contributed by atoms with E-state index in [-0.39, 0.29) is 22.6 Å². The predicted molar refractivity (Wildman–Crippen MR) is 118 cm³/mol. The summed E-state index contributed by atoms with van der Waals surface area (Å²) in [5, 5.41) is 19.6. The highest BCUT2D eigenvalue weighted by atomic mass is 16.5. The van der Waals surface area contributed by atoms with Crippen molar-refractivity contribution >= 4 is 12.6 Å². The maximum Gasteiger partial charge on any atom is 0.153 e. The van der Waals surface area contributed by atoms with E-state index in [0.717, 1.165) is 0 Å². The fraction of sp³-hybridized carbons (Fsp3) is 0.0769. The second-order valence-corrected chi connectivity index (χ2v) is 6.54. The molecule has 3 aromatic rings. The van der Waals surface area contributed by atoms with Gasteiger partial charge in [-0.3, -0.25) is 9.59 Å². The normalized spacial score (nSPS) is 9.56. The Morgan fingerprint density at radius 2 is 1.06 bits per heavy atom. The molecule has 3 rings (SSSR count). The van der Waals surface area contributed by atoms with Gasteiger partial charge in [0.1, 0.15) is 23.0 Å². The molecule has 3 aromatic carbocycles. The average Bonchev–Trinajstić information content (AvgIpc) is 2.81. The molecule has 0 amide bonds. The topological polar surface area (TPSA) is 93.1 Å². The molecule has 32 heavy (non-hydrogen) atoms. The van der Waals surface area contributed by atoms with Crippen LogP contribution in [0.25, 0.3) is 0 Å². The van der Waals surface area contributed by atoms with Crippen LogP contribution >= 0.6 is 0 Å². The van der Waals surface area contributed by atoms with Crippen molar-refractivity contribution in [3.8, 4) is 46.7 Å². The lowest BCUT2D eigenvalue weighted by Gasteiger charge is -2.09. The molecule has 0 atom stereocenters. The highest BCUT2D eigenvalue weighted by Crippen LogP contribution is 2.28. The number of aldehydes is 2. The smallest absolute Gasteiger partial charge is 0.153 e. The van der Waals surface area contributed by atoms with Crippen molar-refractivity contribution < 1.29 is 29.3 Å². The van der Waals surface area contributed by atoms with Crippen molar-refractivity contribution in [2.45, 2.75) is 0 Å². The fourth-order valence-corrected chi connectivity index (χ4v) is 2.81. The third-order valence-corrected chi connectivity index (χ3v) is 4.52. The molecule has 0 heterocycles. The largest absolute Gasteiger partial charge is 0.507 e. The SMILES string of the molecule is COc1cc(C#Cc2ccc(C=O)c(O)c2)c(OC)cc1C#Cc1ccc(C=O)c(O)c1. The highest BCUT2D eigenvalue weighted by molar-refractivity contribution is 5.80. The number of rotatable bonds is 4. The van der Waals surface area contributed by atoms with Gasteiger partial charge in [0.05, 0.1) is 36.5 Å². The Kier molecular flexibility index (Phi) is 6.80. The van der Waals surface area contributed by atoms with E-state index < -0.39 is 0 Å². The van der Waals surface area contributed by atoms with Gasteiger partial charge in [0, 0.05) is 23.3 Å². The van der Waals surface area contributed by atoms with Gasteiger partial charge in [-0.05, 0) is 36.4 Å². The zero-order valence-corrected chi connectivity index (χ0v) is 17.3. The molecule has 0 fully saturated rings. The van der Waals surface area contributed by atoms with Crippen molar-refractivity contribution in [2.24, 2.45) is 0 Å². The van der Waals surface area contributed by atoms with Gasteiger partial charge in [0.25, 0.3) is 0 Å². The summed E-state index contributed by atoms with van der Waals surface area (Å²) in [6.45, 7) is 0. The van der Waals surface area contributed by atoms with E-state index >= 15 is 0 Å². The minimum atomic E-state index is -0.144. The van der Waals surface area contributed by atoms with Crippen LogP contribution in [0.3, 0.4) is 0 Å². The van der Waals surface area contributed by atoms with Crippen LogP contribution in [0.1, 0.15) is 43.0 Å². The number of carbonyl (C=O) groups is 2. The third-order valence-electron chi connectivity index (χ3n) is 4.52. The molecule has 0 aromatic heterocycles. The maximum absolute atomic E-state index is 10.8. The summed E-state index contributed by atoms with van der Waals surface area (Å²) in [5.41, 5.74) is 2.51. The maximum atomic E-state index is 10.8. The van der Waals surface area contributed by atoms with Crippen LogP contribution in [0.15, 0.2) is 48.5 Å². The number of methoxy groups -OCH3 is 2. The molecule has 158 valence electrons. The molecule has 0 aliphatic carbocycles. The monoisotopic (exact) mass is 426 g/mol. The first-order chi connectivity index (χ1) is 15.5. The first kappa shape index (κ1) is 22.0. The molecule has 0 bridgehead atoms. The molecule has 0 saturated carbocycles. The summed E-state index contributed by atoms with van der Waals surface area (Å²) < 4.78 is 10.9. The van der Waals surface area contributed by atoms with Gasteiger partial charge in [-0.15, -0.1) is 0 Å². The molecular weight excluding hydrogens is 408 g/mol. The standard InChI is InChI=1S/C26H18O6/c1-31-25-13-20(8-4-18-6-10-22(16-28)24(30)12-18)26(32-2)14-19(25)7-3-17-5-9-21(15-27)23(29)11-17/h5-6,9-16,29-30H,1-2H3. The summed E-state index contributed by atoms with van der Waals surface area (Å²) in [6.07, 6.45) is 1.14. The molecule has 6 heteroatoms. The molecule has 0 saturated heterocycles. The molecule has 2 N–H and O–H groups in total. The number of phenols is 2. The fourth-order valence-electron chi connectivity index (χ4n) is 2.81. The van der Waals surface area contributed by atoms with Crippen LogP contribution in [0.5, 0.6) is 23.0 Å². The van der Waals surface area contributed by atoms with Crippen LogP contribution in [-0.4, -0.2) is 37.0 Å². The van der Waals surface area contributed by atoms with Crippen LogP contribution in [0.2, 0.25) is 0 Å². The Balaban J connectivity index is 1.98. The van der Waals surface area contributed by atoms with Gasteiger partial charge >= 0.3 is 0 Å². The number of aromatic hydroxyl groups is 2. The Labute approximate surface area is 185 Å². The summed E-state index contributed by atoms with van der Waals surface area (Å²) in [4.78, 5) is 21.7. The van der Waals surface area contributed by atoms with Gasteiger partial charge in [-0.1, -0.05) is 23.7 Å². The first-order valence-electron chi connectivity index (χ1n) is 9.35. The van der Waals surface area contributed by atoms with Gasteiger partial charge in [-0.2, -0.15) is 0 Å². The van der Waals surface area contributed by atoms with Gasteiger partial charge in [0.2, 0.25) is 0 Å².